The summed E-state index contributed by atoms with van der Waals surface area (Å²) in [6.45, 7) is 8.90. The van der Waals surface area contributed by atoms with Crippen molar-refractivity contribution >= 4 is 42.4 Å². The first-order valence-electron chi connectivity index (χ1n) is 14.2. The number of benzene rings is 4. The molecule has 0 saturated carbocycles. The molecule has 3 heteroatoms. The summed E-state index contributed by atoms with van der Waals surface area (Å²) in [6, 6.07) is 53.4. The molecule has 0 bridgehead atoms. The van der Waals surface area contributed by atoms with Gasteiger partial charge in [0.15, 0.2) is 0 Å². The molecular weight excluding hydrogens is 586 g/mol. The first-order valence-corrected chi connectivity index (χ1v) is 17.1. The number of aryl methyl sites for hydroxylation is 4. The predicted octanol–water partition coefficient (Wildman–Crippen LogP) is 8.43. The molecule has 0 nitrogen and oxygen atoms in total. The van der Waals surface area contributed by atoms with Gasteiger partial charge in [0.1, 0.15) is 0 Å². The molecule has 6 aromatic carbocycles. The van der Waals surface area contributed by atoms with E-state index in [1.165, 1.54) is 54.3 Å². The van der Waals surface area contributed by atoms with Crippen LogP contribution in [0.25, 0.3) is 0 Å². The zero-order chi connectivity index (χ0) is 28.6. The Labute approximate surface area is 265 Å². The van der Waals surface area contributed by atoms with Crippen LogP contribution in [-0.4, -0.2) is 0 Å². The van der Waals surface area contributed by atoms with Crippen LogP contribution in [0.15, 0.2) is 146 Å². The van der Waals surface area contributed by atoms with Gasteiger partial charge in [-0.25, -0.2) is 18.2 Å². The monoisotopic (exact) mass is 624 g/mol. The van der Waals surface area contributed by atoms with Crippen LogP contribution < -0.4 is 26.5 Å². The maximum Gasteiger partial charge on any atom is 2.00 e. The molecule has 0 fully saturated rings. The van der Waals surface area contributed by atoms with Crippen molar-refractivity contribution in [2.45, 2.75) is 33.9 Å². The Morgan fingerprint density at radius 1 is 0.500 bits per heavy atom. The molecular formula is C39H38FeP2. The standard InChI is InChI=1S/C34H33P2.C5H5.Fe/c1-25-18-26(2)21-32(20-25)35(33-22-27(3)19-28(4)23-33)24-29-12-11-17-34(29)36(30-13-7-5-8-14-30)31-15-9-6-10-16-31;1-2-4-5-3-1;/h5-23H,24H2,1-4H3;1-5H;/q2*-1;+2. The van der Waals surface area contributed by atoms with Crippen molar-refractivity contribution in [3.8, 4) is 0 Å². The van der Waals surface area contributed by atoms with Crippen molar-refractivity contribution in [2.75, 3.05) is 0 Å². The Kier molecular flexibility index (Phi) is 11.7. The van der Waals surface area contributed by atoms with E-state index < -0.39 is 15.8 Å². The fourth-order valence-electron chi connectivity index (χ4n) is 5.42. The second-order valence-corrected chi connectivity index (χ2v) is 15.1. The van der Waals surface area contributed by atoms with Gasteiger partial charge in [-0.1, -0.05) is 133 Å². The van der Waals surface area contributed by atoms with Crippen molar-refractivity contribution in [3.63, 3.8) is 0 Å². The Hall–Kier alpha value is -3.04. The molecule has 0 aliphatic rings. The average molecular weight is 625 g/mol. The molecule has 6 aromatic rings. The fraction of sp³-hybridized carbons (Fsp3) is 0.128. The molecule has 0 aromatic heterocycles. The minimum atomic E-state index is -0.613. The van der Waals surface area contributed by atoms with Crippen LogP contribution in [-0.2, 0) is 23.2 Å². The van der Waals surface area contributed by atoms with E-state index >= 15 is 0 Å². The van der Waals surface area contributed by atoms with Gasteiger partial charge in [0.05, 0.1) is 0 Å². The van der Waals surface area contributed by atoms with Crippen molar-refractivity contribution < 1.29 is 17.1 Å². The molecule has 0 radical (unpaired) electrons. The van der Waals surface area contributed by atoms with Crippen molar-refractivity contribution in [2.24, 2.45) is 0 Å². The summed E-state index contributed by atoms with van der Waals surface area (Å²) >= 11 is 0. The largest absolute Gasteiger partial charge is 2.00 e. The molecule has 0 spiro atoms. The van der Waals surface area contributed by atoms with Gasteiger partial charge in [-0.05, 0) is 56.8 Å². The fourth-order valence-corrected chi connectivity index (χ4v) is 10.7. The topological polar surface area (TPSA) is 0 Å². The van der Waals surface area contributed by atoms with Gasteiger partial charge in [0.25, 0.3) is 0 Å². The van der Waals surface area contributed by atoms with Gasteiger partial charge in [-0.15, -0.1) is 5.30 Å². The number of hydrogen-bond acceptors (Lipinski definition) is 0. The third-order valence-electron chi connectivity index (χ3n) is 7.07. The first-order chi connectivity index (χ1) is 20.0. The Balaban J connectivity index is 0.000000612. The molecule has 42 heavy (non-hydrogen) atoms. The average Bonchev–Trinajstić information content (AvgIpc) is 3.68. The molecule has 0 aliphatic heterocycles. The smallest absolute Gasteiger partial charge is 0.214 e. The third kappa shape index (κ3) is 8.28. The summed E-state index contributed by atoms with van der Waals surface area (Å²) in [7, 11) is -1.15. The van der Waals surface area contributed by atoms with Crippen LogP contribution in [0.3, 0.4) is 0 Å². The molecule has 0 heterocycles. The summed E-state index contributed by atoms with van der Waals surface area (Å²) in [5, 5.41) is 7.26. The molecule has 0 amide bonds. The van der Waals surface area contributed by atoms with E-state index in [1.807, 2.05) is 30.3 Å². The summed E-state index contributed by atoms with van der Waals surface area (Å²) < 4.78 is 0. The van der Waals surface area contributed by atoms with Gasteiger partial charge in [0, 0.05) is 0 Å². The van der Waals surface area contributed by atoms with Crippen LogP contribution in [0.4, 0.5) is 0 Å². The summed E-state index contributed by atoms with van der Waals surface area (Å²) in [6.07, 6.45) is 1.06. The normalized spacial score (nSPS) is 10.7. The van der Waals surface area contributed by atoms with Gasteiger partial charge in [0.2, 0.25) is 0 Å². The van der Waals surface area contributed by atoms with E-state index in [0.29, 0.717) is 0 Å². The minimum Gasteiger partial charge on any atom is -0.214 e. The number of rotatable bonds is 7. The molecule has 0 unspecified atom stereocenters. The maximum absolute atomic E-state index is 2.41. The third-order valence-corrected chi connectivity index (χ3v) is 12.0. The first kappa shape index (κ1) is 31.9. The van der Waals surface area contributed by atoms with E-state index in [9.17, 15) is 0 Å². The van der Waals surface area contributed by atoms with Crippen molar-refractivity contribution in [1.29, 1.82) is 0 Å². The van der Waals surface area contributed by atoms with E-state index in [2.05, 4.69) is 143 Å². The molecule has 6 rings (SSSR count). The van der Waals surface area contributed by atoms with Gasteiger partial charge >= 0.3 is 17.1 Å². The van der Waals surface area contributed by atoms with Gasteiger partial charge in [-0.2, -0.15) is 35.9 Å². The Morgan fingerprint density at radius 3 is 1.36 bits per heavy atom. The maximum atomic E-state index is 2.41. The van der Waals surface area contributed by atoms with Gasteiger partial charge in [-0.3, -0.25) is 0 Å². The molecule has 0 N–H and O–H groups in total. The zero-order valence-corrected chi connectivity index (χ0v) is 27.7. The molecule has 0 aliphatic carbocycles. The van der Waals surface area contributed by atoms with E-state index in [-0.39, 0.29) is 17.1 Å². The van der Waals surface area contributed by atoms with E-state index in [4.69, 9.17) is 0 Å². The van der Waals surface area contributed by atoms with Crippen LogP contribution in [0.1, 0.15) is 27.8 Å². The van der Waals surface area contributed by atoms with Crippen LogP contribution in [0.2, 0.25) is 0 Å². The summed E-state index contributed by atoms with van der Waals surface area (Å²) in [4.78, 5) is 0. The minimum absolute atomic E-state index is 0. The second-order valence-electron chi connectivity index (χ2n) is 10.7. The van der Waals surface area contributed by atoms with Crippen LogP contribution >= 0.6 is 15.8 Å². The van der Waals surface area contributed by atoms with Crippen molar-refractivity contribution in [3.05, 3.63) is 173 Å². The van der Waals surface area contributed by atoms with E-state index in [0.717, 1.165) is 6.16 Å². The molecule has 0 atom stereocenters. The predicted molar refractivity (Wildman–Crippen MR) is 184 cm³/mol. The summed E-state index contributed by atoms with van der Waals surface area (Å²) in [5.74, 6) is 0. The van der Waals surface area contributed by atoms with E-state index in [1.54, 1.807) is 0 Å². The second kappa shape index (κ2) is 15.4. The van der Waals surface area contributed by atoms with Crippen LogP contribution in [0, 0.1) is 27.7 Å². The van der Waals surface area contributed by atoms with Crippen molar-refractivity contribution in [1.82, 2.24) is 0 Å². The number of hydrogen-bond donors (Lipinski definition) is 0. The molecule has 212 valence electrons. The Bertz CT molecular complexity index is 1500. The summed E-state index contributed by atoms with van der Waals surface area (Å²) in [5.41, 5.74) is 6.87. The Morgan fingerprint density at radius 2 is 0.952 bits per heavy atom. The van der Waals surface area contributed by atoms with Crippen LogP contribution in [0.5, 0.6) is 0 Å². The van der Waals surface area contributed by atoms with Gasteiger partial charge < -0.3 is 0 Å². The quantitative estimate of drug-likeness (QED) is 0.0951. The zero-order valence-electron chi connectivity index (χ0n) is 24.8. The molecule has 0 saturated heterocycles. The SMILES string of the molecule is Cc1cc(C)cc(P(Cc2cc[cH-]c2P(c2ccccc2)c2ccccc2)c2cc(C)cc(C)c2)c1.[Fe+2].c1cc[cH-]c1.